The number of nitrogens with two attached hydrogens (primary N) is 1. The second-order valence-electron chi connectivity index (χ2n) is 4.65. The van der Waals surface area contributed by atoms with Crippen LogP contribution in [0.4, 0.5) is 5.95 Å². The van der Waals surface area contributed by atoms with Gasteiger partial charge in [-0.25, -0.2) is 9.97 Å². The quantitative estimate of drug-likeness (QED) is 0.828. The first-order valence-corrected chi connectivity index (χ1v) is 6.00. The van der Waals surface area contributed by atoms with Crippen molar-refractivity contribution in [2.75, 3.05) is 5.32 Å². The minimum Gasteiger partial charge on any atom is -0.368 e. The summed E-state index contributed by atoms with van der Waals surface area (Å²) in [5.74, 6) is 0.188. The summed E-state index contributed by atoms with van der Waals surface area (Å²) in [5.41, 5.74) is 5.74. The van der Waals surface area contributed by atoms with Crippen molar-refractivity contribution in [2.24, 2.45) is 5.73 Å². The molecule has 1 saturated carbocycles. The van der Waals surface area contributed by atoms with Gasteiger partial charge in [0.15, 0.2) is 0 Å². The Balaban J connectivity index is 2.20. The third-order valence-corrected chi connectivity index (χ3v) is 3.32. The Morgan fingerprint density at radius 3 is 2.71 bits per heavy atom. The molecule has 5 heteroatoms. The van der Waals surface area contributed by atoms with Gasteiger partial charge >= 0.3 is 0 Å². The van der Waals surface area contributed by atoms with Gasteiger partial charge in [-0.3, -0.25) is 4.79 Å². The van der Waals surface area contributed by atoms with Crippen molar-refractivity contribution >= 4 is 11.9 Å². The monoisotopic (exact) mass is 234 g/mol. The zero-order valence-electron chi connectivity index (χ0n) is 10.1. The number of carbonyl (C=O) groups excluding carboxylic acids is 1. The molecular weight excluding hydrogens is 216 g/mol. The molecule has 0 spiro atoms. The van der Waals surface area contributed by atoms with Crippen molar-refractivity contribution in [3.05, 3.63) is 18.0 Å². The summed E-state index contributed by atoms with van der Waals surface area (Å²) in [4.78, 5) is 20.1. The SMILES string of the molecule is Cc1ccnc(NC2(C(N)=O)CCCCC2)n1. The highest BCUT2D eigenvalue weighted by Gasteiger charge is 2.38. The second kappa shape index (κ2) is 4.69. The molecule has 1 aliphatic carbocycles. The molecule has 0 radical (unpaired) electrons. The molecule has 5 nitrogen and oxygen atoms in total. The minimum atomic E-state index is -0.661. The fraction of sp³-hybridized carbons (Fsp3) is 0.583. The van der Waals surface area contributed by atoms with Gasteiger partial charge in [-0.05, 0) is 25.8 Å². The van der Waals surface area contributed by atoms with Crippen molar-refractivity contribution < 1.29 is 4.79 Å². The molecule has 17 heavy (non-hydrogen) atoms. The van der Waals surface area contributed by atoms with Crippen molar-refractivity contribution in [3.8, 4) is 0 Å². The molecule has 1 aliphatic rings. The largest absolute Gasteiger partial charge is 0.368 e. The summed E-state index contributed by atoms with van der Waals surface area (Å²) < 4.78 is 0. The second-order valence-corrected chi connectivity index (χ2v) is 4.65. The maximum absolute atomic E-state index is 11.7. The smallest absolute Gasteiger partial charge is 0.243 e. The summed E-state index contributed by atoms with van der Waals surface area (Å²) in [5, 5.41) is 3.14. The molecule has 1 amide bonds. The van der Waals surface area contributed by atoms with Crippen molar-refractivity contribution in [2.45, 2.75) is 44.6 Å². The van der Waals surface area contributed by atoms with Crippen LogP contribution in [-0.4, -0.2) is 21.4 Å². The van der Waals surface area contributed by atoms with Crippen LogP contribution in [0.1, 0.15) is 37.8 Å². The highest BCUT2D eigenvalue weighted by atomic mass is 16.1. The first kappa shape index (κ1) is 11.8. The highest BCUT2D eigenvalue weighted by molar-refractivity contribution is 5.87. The number of aryl methyl sites for hydroxylation is 1. The molecule has 0 aliphatic heterocycles. The molecule has 2 rings (SSSR count). The van der Waals surface area contributed by atoms with Gasteiger partial charge in [-0.15, -0.1) is 0 Å². The lowest BCUT2D eigenvalue weighted by Gasteiger charge is -2.35. The number of aromatic nitrogens is 2. The Kier molecular flexibility index (Phi) is 3.26. The van der Waals surface area contributed by atoms with Crippen LogP contribution < -0.4 is 11.1 Å². The van der Waals surface area contributed by atoms with E-state index in [4.69, 9.17) is 5.73 Å². The lowest BCUT2D eigenvalue weighted by atomic mass is 9.81. The standard InChI is InChI=1S/C12H18N4O/c1-9-5-8-14-11(15-9)16-12(10(13)17)6-3-2-4-7-12/h5,8H,2-4,6-7H2,1H3,(H2,13,17)(H,14,15,16). The van der Waals surface area contributed by atoms with E-state index in [1.54, 1.807) is 6.20 Å². The Labute approximate surface area is 101 Å². The van der Waals surface area contributed by atoms with E-state index in [0.29, 0.717) is 5.95 Å². The van der Waals surface area contributed by atoms with Crippen LogP contribution in [-0.2, 0) is 4.79 Å². The van der Waals surface area contributed by atoms with E-state index in [9.17, 15) is 4.79 Å². The summed E-state index contributed by atoms with van der Waals surface area (Å²) in [6.07, 6.45) is 6.40. The van der Waals surface area contributed by atoms with E-state index in [0.717, 1.165) is 37.8 Å². The molecule has 1 fully saturated rings. The average molecular weight is 234 g/mol. The van der Waals surface area contributed by atoms with Gasteiger partial charge in [0.2, 0.25) is 11.9 Å². The van der Waals surface area contributed by atoms with Gasteiger partial charge in [0.25, 0.3) is 0 Å². The van der Waals surface area contributed by atoms with E-state index in [1.165, 1.54) is 0 Å². The maximum Gasteiger partial charge on any atom is 0.243 e. The Bertz CT molecular complexity index is 413. The van der Waals surface area contributed by atoms with Gasteiger partial charge in [-0.1, -0.05) is 19.3 Å². The van der Waals surface area contributed by atoms with Gasteiger partial charge in [0.1, 0.15) is 5.54 Å². The van der Waals surface area contributed by atoms with Crippen molar-refractivity contribution in [3.63, 3.8) is 0 Å². The summed E-state index contributed by atoms with van der Waals surface area (Å²) >= 11 is 0. The third kappa shape index (κ3) is 2.54. The minimum absolute atomic E-state index is 0.303. The van der Waals surface area contributed by atoms with E-state index < -0.39 is 5.54 Å². The predicted molar refractivity (Wildman–Crippen MR) is 65.4 cm³/mol. The van der Waals surface area contributed by atoms with Gasteiger partial charge in [0.05, 0.1) is 0 Å². The van der Waals surface area contributed by atoms with E-state index in [1.807, 2.05) is 13.0 Å². The van der Waals surface area contributed by atoms with Crippen LogP contribution in [0.5, 0.6) is 0 Å². The topological polar surface area (TPSA) is 80.9 Å². The van der Waals surface area contributed by atoms with Gasteiger partial charge in [0, 0.05) is 11.9 Å². The zero-order valence-corrected chi connectivity index (χ0v) is 10.1. The molecule has 0 bridgehead atoms. The fourth-order valence-electron chi connectivity index (χ4n) is 2.31. The molecule has 92 valence electrons. The van der Waals surface area contributed by atoms with E-state index >= 15 is 0 Å². The number of nitrogens with one attached hydrogen (secondary N) is 1. The number of amides is 1. The zero-order chi connectivity index (χ0) is 12.3. The first-order valence-electron chi connectivity index (χ1n) is 6.00. The molecule has 0 atom stereocenters. The van der Waals surface area contributed by atoms with Crippen molar-refractivity contribution in [1.82, 2.24) is 9.97 Å². The number of primary amides is 1. The summed E-state index contributed by atoms with van der Waals surface area (Å²) in [6.45, 7) is 1.89. The predicted octanol–water partition coefficient (Wildman–Crippen LogP) is 1.39. The molecule has 0 aromatic carbocycles. The Hall–Kier alpha value is -1.65. The van der Waals surface area contributed by atoms with E-state index in [2.05, 4.69) is 15.3 Å². The number of rotatable bonds is 3. The lowest BCUT2D eigenvalue weighted by molar-refractivity contribution is -0.123. The average Bonchev–Trinajstić information content (AvgIpc) is 2.30. The van der Waals surface area contributed by atoms with Crippen LogP contribution >= 0.6 is 0 Å². The lowest BCUT2D eigenvalue weighted by Crippen LogP contribution is -2.52. The fourth-order valence-corrected chi connectivity index (χ4v) is 2.31. The maximum atomic E-state index is 11.7. The molecular formula is C12H18N4O. The van der Waals surface area contributed by atoms with Crippen LogP contribution in [0.2, 0.25) is 0 Å². The highest BCUT2D eigenvalue weighted by Crippen LogP contribution is 2.30. The molecule has 1 aromatic rings. The van der Waals surface area contributed by atoms with Crippen molar-refractivity contribution in [1.29, 1.82) is 0 Å². The summed E-state index contributed by atoms with van der Waals surface area (Å²) in [7, 11) is 0. The van der Waals surface area contributed by atoms with Crippen LogP contribution in [0.15, 0.2) is 12.3 Å². The number of carbonyl (C=O) groups is 1. The molecule has 0 unspecified atom stereocenters. The van der Waals surface area contributed by atoms with Gasteiger partial charge in [-0.2, -0.15) is 0 Å². The van der Waals surface area contributed by atoms with Gasteiger partial charge < -0.3 is 11.1 Å². The third-order valence-electron chi connectivity index (χ3n) is 3.32. The Morgan fingerprint density at radius 1 is 1.41 bits per heavy atom. The Morgan fingerprint density at radius 2 is 2.12 bits per heavy atom. The number of nitrogens with zero attached hydrogens (tertiary/aromatic N) is 2. The molecule has 1 heterocycles. The van der Waals surface area contributed by atoms with Crippen LogP contribution in [0, 0.1) is 6.92 Å². The molecule has 3 N–H and O–H groups in total. The van der Waals surface area contributed by atoms with E-state index in [-0.39, 0.29) is 5.91 Å². The normalized spacial score (nSPS) is 18.6. The number of hydrogen-bond acceptors (Lipinski definition) is 4. The first-order chi connectivity index (χ1) is 8.12. The number of anilines is 1. The summed E-state index contributed by atoms with van der Waals surface area (Å²) in [6, 6.07) is 1.82. The van der Waals surface area contributed by atoms with Crippen LogP contribution in [0.3, 0.4) is 0 Å². The molecule has 1 aromatic heterocycles. The van der Waals surface area contributed by atoms with Crippen LogP contribution in [0.25, 0.3) is 0 Å². The number of hydrogen-bond donors (Lipinski definition) is 2. The molecule has 0 saturated heterocycles.